The molecule has 0 saturated heterocycles. The summed E-state index contributed by atoms with van der Waals surface area (Å²) in [5, 5.41) is 0. The van der Waals surface area contributed by atoms with E-state index in [0.717, 1.165) is 24.2 Å². The molecule has 0 N–H and O–H groups in total. The average molecular weight is 164 g/mol. The van der Waals surface area contributed by atoms with Crippen LogP contribution in [-0.4, -0.2) is 0 Å². The average Bonchev–Trinajstić information content (AvgIpc) is 2.01. The standard InChI is InChI=1S/C12H20/c1-5-6-12-8-10(3)9(2)7-11(12)4/h5,7,9-10,12H,1,6,8H2,2-4H3/t9?,10?,12-/m1/s1. The number of allylic oxidation sites excluding steroid dienone is 3. The Labute approximate surface area is 76.4 Å². The molecule has 1 rings (SSSR count). The molecule has 0 aromatic rings. The molecule has 0 aromatic heterocycles. The van der Waals surface area contributed by atoms with E-state index >= 15 is 0 Å². The zero-order valence-electron chi connectivity index (χ0n) is 8.51. The number of rotatable bonds is 2. The fourth-order valence-electron chi connectivity index (χ4n) is 2.05. The highest BCUT2D eigenvalue weighted by atomic mass is 14.3. The van der Waals surface area contributed by atoms with Gasteiger partial charge in [-0.15, -0.1) is 6.58 Å². The van der Waals surface area contributed by atoms with Gasteiger partial charge in [0, 0.05) is 0 Å². The first-order valence-electron chi connectivity index (χ1n) is 4.94. The largest absolute Gasteiger partial charge is 0.103 e. The van der Waals surface area contributed by atoms with Gasteiger partial charge in [-0.25, -0.2) is 0 Å². The van der Waals surface area contributed by atoms with E-state index in [1.165, 1.54) is 6.42 Å². The lowest BCUT2D eigenvalue weighted by molar-refractivity contribution is 0.338. The van der Waals surface area contributed by atoms with Crippen LogP contribution in [0.2, 0.25) is 0 Å². The lowest BCUT2D eigenvalue weighted by Crippen LogP contribution is -2.18. The third-order valence-electron chi connectivity index (χ3n) is 3.17. The van der Waals surface area contributed by atoms with Crippen molar-refractivity contribution < 1.29 is 0 Å². The molecule has 0 bridgehead atoms. The quantitative estimate of drug-likeness (QED) is 0.544. The molecule has 0 fully saturated rings. The first kappa shape index (κ1) is 9.57. The van der Waals surface area contributed by atoms with Crippen LogP contribution in [0.3, 0.4) is 0 Å². The summed E-state index contributed by atoms with van der Waals surface area (Å²) < 4.78 is 0. The molecule has 68 valence electrons. The van der Waals surface area contributed by atoms with Gasteiger partial charge in [-0.05, 0) is 37.5 Å². The van der Waals surface area contributed by atoms with Crippen LogP contribution in [0, 0.1) is 17.8 Å². The van der Waals surface area contributed by atoms with E-state index in [-0.39, 0.29) is 0 Å². The van der Waals surface area contributed by atoms with Gasteiger partial charge in [-0.2, -0.15) is 0 Å². The maximum Gasteiger partial charge on any atom is -0.0169 e. The minimum Gasteiger partial charge on any atom is -0.103 e. The van der Waals surface area contributed by atoms with E-state index in [2.05, 4.69) is 33.4 Å². The second-order valence-corrected chi connectivity index (χ2v) is 4.20. The first-order chi connectivity index (χ1) is 5.65. The Morgan fingerprint density at radius 2 is 2.25 bits per heavy atom. The Kier molecular flexibility index (Phi) is 3.13. The lowest BCUT2D eigenvalue weighted by Gasteiger charge is -2.30. The zero-order valence-corrected chi connectivity index (χ0v) is 8.51. The second-order valence-electron chi connectivity index (χ2n) is 4.20. The molecule has 0 aliphatic heterocycles. The summed E-state index contributed by atoms with van der Waals surface area (Å²) in [4.78, 5) is 0. The van der Waals surface area contributed by atoms with Crippen molar-refractivity contribution in [1.82, 2.24) is 0 Å². The monoisotopic (exact) mass is 164 g/mol. The Balaban J connectivity index is 2.67. The summed E-state index contributed by atoms with van der Waals surface area (Å²) in [5.41, 5.74) is 1.57. The topological polar surface area (TPSA) is 0 Å². The number of hydrogen-bond acceptors (Lipinski definition) is 0. The highest BCUT2D eigenvalue weighted by Gasteiger charge is 2.22. The summed E-state index contributed by atoms with van der Waals surface area (Å²) in [6.45, 7) is 10.7. The van der Waals surface area contributed by atoms with Crippen molar-refractivity contribution in [1.29, 1.82) is 0 Å². The predicted octanol–water partition coefficient (Wildman–Crippen LogP) is 3.80. The van der Waals surface area contributed by atoms with Gasteiger partial charge in [0.25, 0.3) is 0 Å². The van der Waals surface area contributed by atoms with E-state index in [9.17, 15) is 0 Å². The molecule has 0 amide bonds. The van der Waals surface area contributed by atoms with E-state index in [1.54, 1.807) is 5.57 Å². The summed E-state index contributed by atoms with van der Waals surface area (Å²) in [5.74, 6) is 2.39. The van der Waals surface area contributed by atoms with Crippen molar-refractivity contribution in [3.05, 3.63) is 24.3 Å². The molecule has 1 aliphatic rings. The van der Waals surface area contributed by atoms with Crippen LogP contribution in [0.1, 0.15) is 33.6 Å². The SMILES string of the molecule is C=CC[C@@H]1CC(C)C(C)C=C1C. The van der Waals surface area contributed by atoms with Crippen molar-refractivity contribution in [3.63, 3.8) is 0 Å². The Bertz CT molecular complexity index is 188. The first-order valence-corrected chi connectivity index (χ1v) is 4.94. The molecule has 12 heavy (non-hydrogen) atoms. The van der Waals surface area contributed by atoms with Crippen LogP contribution < -0.4 is 0 Å². The highest BCUT2D eigenvalue weighted by molar-refractivity contribution is 5.11. The Morgan fingerprint density at radius 3 is 2.83 bits per heavy atom. The van der Waals surface area contributed by atoms with Crippen molar-refractivity contribution in [2.45, 2.75) is 33.6 Å². The van der Waals surface area contributed by atoms with Crippen molar-refractivity contribution in [2.24, 2.45) is 17.8 Å². The third-order valence-corrected chi connectivity index (χ3v) is 3.17. The van der Waals surface area contributed by atoms with E-state index in [4.69, 9.17) is 0 Å². The van der Waals surface area contributed by atoms with Crippen LogP contribution >= 0.6 is 0 Å². The van der Waals surface area contributed by atoms with Crippen LogP contribution in [0.4, 0.5) is 0 Å². The zero-order chi connectivity index (χ0) is 9.14. The molecular weight excluding hydrogens is 144 g/mol. The van der Waals surface area contributed by atoms with Gasteiger partial charge in [0.2, 0.25) is 0 Å². The maximum absolute atomic E-state index is 3.81. The van der Waals surface area contributed by atoms with Gasteiger partial charge < -0.3 is 0 Å². The minimum absolute atomic E-state index is 0.770. The van der Waals surface area contributed by atoms with Gasteiger partial charge in [0.1, 0.15) is 0 Å². The summed E-state index contributed by atoms with van der Waals surface area (Å²) in [6.07, 6.45) is 6.97. The predicted molar refractivity (Wildman–Crippen MR) is 55.0 cm³/mol. The summed E-state index contributed by atoms with van der Waals surface area (Å²) >= 11 is 0. The lowest BCUT2D eigenvalue weighted by atomic mass is 9.76. The molecule has 0 heterocycles. The molecule has 0 nitrogen and oxygen atoms in total. The third kappa shape index (κ3) is 2.00. The summed E-state index contributed by atoms with van der Waals surface area (Å²) in [6, 6.07) is 0. The van der Waals surface area contributed by atoms with Crippen molar-refractivity contribution >= 4 is 0 Å². The molecule has 0 spiro atoms. The molecule has 0 heteroatoms. The van der Waals surface area contributed by atoms with E-state index < -0.39 is 0 Å². The molecule has 2 unspecified atom stereocenters. The maximum atomic E-state index is 3.81. The molecule has 3 atom stereocenters. The normalized spacial score (nSPS) is 35.9. The summed E-state index contributed by atoms with van der Waals surface area (Å²) in [7, 11) is 0. The van der Waals surface area contributed by atoms with Gasteiger partial charge >= 0.3 is 0 Å². The molecular formula is C12H20. The molecule has 0 aromatic carbocycles. The van der Waals surface area contributed by atoms with Crippen LogP contribution in [0.15, 0.2) is 24.3 Å². The fraction of sp³-hybridized carbons (Fsp3) is 0.667. The van der Waals surface area contributed by atoms with Crippen LogP contribution in [-0.2, 0) is 0 Å². The Morgan fingerprint density at radius 1 is 1.58 bits per heavy atom. The van der Waals surface area contributed by atoms with E-state index in [0.29, 0.717) is 0 Å². The smallest absolute Gasteiger partial charge is 0.0169 e. The fourth-order valence-corrected chi connectivity index (χ4v) is 2.05. The second kappa shape index (κ2) is 3.93. The molecule has 0 radical (unpaired) electrons. The Hall–Kier alpha value is -0.520. The van der Waals surface area contributed by atoms with Gasteiger partial charge in [-0.3, -0.25) is 0 Å². The van der Waals surface area contributed by atoms with Gasteiger partial charge in [0.05, 0.1) is 0 Å². The van der Waals surface area contributed by atoms with Crippen molar-refractivity contribution in [2.75, 3.05) is 0 Å². The van der Waals surface area contributed by atoms with Gasteiger partial charge in [-0.1, -0.05) is 31.6 Å². The van der Waals surface area contributed by atoms with E-state index in [1.807, 2.05) is 6.08 Å². The van der Waals surface area contributed by atoms with Crippen molar-refractivity contribution in [3.8, 4) is 0 Å². The van der Waals surface area contributed by atoms with Gasteiger partial charge in [0.15, 0.2) is 0 Å². The molecule has 0 saturated carbocycles. The molecule has 1 aliphatic carbocycles. The number of hydrogen-bond donors (Lipinski definition) is 0. The minimum atomic E-state index is 0.770. The highest BCUT2D eigenvalue weighted by Crippen LogP contribution is 2.34. The van der Waals surface area contributed by atoms with Crippen LogP contribution in [0.25, 0.3) is 0 Å². The van der Waals surface area contributed by atoms with Crippen LogP contribution in [0.5, 0.6) is 0 Å².